The van der Waals surface area contributed by atoms with Crippen molar-refractivity contribution in [2.75, 3.05) is 13.2 Å². The Labute approximate surface area is 131 Å². The van der Waals surface area contributed by atoms with Gasteiger partial charge in [-0.2, -0.15) is 0 Å². The maximum Gasteiger partial charge on any atom is 0.342 e. The Hall–Kier alpha value is -2.30. The number of carbonyl (C=O) groups excluding carboxylic acids is 2. The number of esters is 1. The molecule has 22 heavy (non-hydrogen) atoms. The minimum atomic E-state index is -0.385. The average Bonchev–Trinajstić information content (AvgIpc) is 2.50. The highest BCUT2D eigenvalue weighted by Crippen LogP contribution is 2.19. The van der Waals surface area contributed by atoms with Gasteiger partial charge in [0.15, 0.2) is 0 Å². The van der Waals surface area contributed by atoms with Gasteiger partial charge in [-0.3, -0.25) is 4.79 Å². The van der Waals surface area contributed by atoms with Gasteiger partial charge in [-0.1, -0.05) is 18.7 Å². The second kappa shape index (κ2) is 9.60. The second-order valence-electron chi connectivity index (χ2n) is 5.00. The topological polar surface area (TPSA) is 64.6 Å². The molecule has 0 aromatic heterocycles. The predicted octanol–water partition coefficient (Wildman–Crippen LogP) is 2.71. The van der Waals surface area contributed by atoms with Crippen molar-refractivity contribution in [1.29, 1.82) is 0 Å². The molecule has 1 aromatic carbocycles. The Balaban J connectivity index is 2.41. The van der Waals surface area contributed by atoms with E-state index in [1.54, 1.807) is 32.0 Å². The van der Waals surface area contributed by atoms with Crippen LogP contribution in [0, 0.1) is 0 Å². The Morgan fingerprint density at radius 1 is 1.27 bits per heavy atom. The van der Waals surface area contributed by atoms with E-state index in [1.807, 2.05) is 6.07 Å². The molecular formula is C17H23NO4. The molecule has 0 aliphatic rings. The standard InChI is InChI=1S/C17H23NO4/c1-4-16(19)18-11-7-8-12-21-15-10-6-5-9-14(15)17(20)22-13(2)3/h4-6,9-10,13H,1,7-8,11-12H2,2-3H3,(H,18,19). The van der Waals surface area contributed by atoms with Crippen LogP contribution in [0.15, 0.2) is 36.9 Å². The van der Waals surface area contributed by atoms with Gasteiger partial charge < -0.3 is 14.8 Å². The molecule has 0 atom stereocenters. The van der Waals surface area contributed by atoms with Crippen LogP contribution < -0.4 is 10.1 Å². The number of rotatable bonds is 9. The smallest absolute Gasteiger partial charge is 0.342 e. The lowest BCUT2D eigenvalue weighted by Crippen LogP contribution is -2.22. The van der Waals surface area contributed by atoms with Gasteiger partial charge in [0, 0.05) is 6.54 Å². The minimum absolute atomic E-state index is 0.172. The van der Waals surface area contributed by atoms with E-state index in [9.17, 15) is 9.59 Å². The van der Waals surface area contributed by atoms with Crippen LogP contribution in [-0.2, 0) is 9.53 Å². The van der Waals surface area contributed by atoms with Crippen LogP contribution >= 0.6 is 0 Å². The minimum Gasteiger partial charge on any atom is -0.493 e. The van der Waals surface area contributed by atoms with E-state index < -0.39 is 0 Å². The number of ether oxygens (including phenoxy) is 2. The summed E-state index contributed by atoms with van der Waals surface area (Å²) in [6.07, 6.45) is 2.63. The van der Waals surface area contributed by atoms with Gasteiger partial charge >= 0.3 is 5.97 Å². The van der Waals surface area contributed by atoms with Gasteiger partial charge in [0.1, 0.15) is 11.3 Å². The van der Waals surface area contributed by atoms with E-state index in [-0.39, 0.29) is 18.0 Å². The Bertz CT molecular complexity index is 511. The molecule has 0 saturated heterocycles. The third kappa shape index (κ3) is 6.43. The summed E-state index contributed by atoms with van der Waals surface area (Å²) in [5.74, 6) is -0.0465. The lowest BCUT2D eigenvalue weighted by molar-refractivity contribution is -0.116. The molecule has 0 heterocycles. The number of hydrogen-bond donors (Lipinski definition) is 1. The molecule has 1 N–H and O–H groups in total. The van der Waals surface area contributed by atoms with E-state index in [4.69, 9.17) is 9.47 Å². The molecular weight excluding hydrogens is 282 g/mol. The van der Waals surface area contributed by atoms with E-state index in [0.717, 1.165) is 12.8 Å². The first-order chi connectivity index (χ1) is 10.5. The molecule has 1 amide bonds. The van der Waals surface area contributed by atoms with E-state index in [1.165, 1.54) is 6.08 Å². The zero-order chi connectivity index (χ0) is 16.4. The summed E-state index contributed by atoms with van der Waals surface area (Å²) in [4.78, 5) is 22.9. The summed E-state index contributed by atoms with van der Waals surface area (Å²) in [6, 6.07) is 7.02. The Kier molecular flexibility index (Phi) is 7.75. The van der Waals surface area contributed by atoms with Crippen LogP contribution in [0.4, 0.5) is 0 Å². The number of hydrogen-bond acceptors (Lipinski definition) is 4. The molecule has 0 radical (unpaired) electrons. The summed E-state index contributed by atoms with van der Waals surface area (Å²) in [5.41, 5.74) is 0.427. The molecule has 0 saturated carbocycles. The molecule has 5 heteroatoms. The highest BCUT2D eigenvalue weighted by molar-refractivity contribution is 5.92. The van der Waals surface area contributed by atoms with Crippen LogP contribution in [0.25, 0.3) is 0 Å². The second-order valence-corrected chi connectivity index (χ2v) is 5.00. The first kappa shape index (κ1) is 17.8. The molecule has 1 aromatic rings. The normalized spacial score (nSPS) is 10.1. The zero-order valence-electron chi connectivity index (χ0n) is 13.1. The van der Waals surface area contributed by atoms with E-state index in [2.05, 4.69) is 11.9 Å². The van der Waals surface area contributed by atoms with E-state index in [0.29, 0.717) is 24.5 Å². The van der Waals surface area contributed by atoms with Crippen molar-refractivity contribution < 1.29 is 19.1 Å². The molecule has 1 rings (SSSR count). The fraction of sp³-hybridized carbons (Fsp3) is 0.412. The van der Waals surface area contributed by atoms with Gasteiger partial charge in [-0.05, 0) is 44.9 Å². The number of amides is 1. The van der Waals surface area contributed by atoms with Gasteiger partial charge in [-0.15, -0.1) is 0 Å². The fourth-order valence-corrected chi connectivity index (χ4v) is 1.73. The predicted molar refractivity (Wildman–Crippen MR) is 84.9 cm³/mol. The van der Waals surface area contributed by atoms with Crippen LogP contribution in [0.5, 0.6) is 5.75 Å². The number of para-hydroxylation sites is 1. The summed E-state index contributed by atoms with van der Waals surface area (Å²) in [6.45, 7) is 8.03. The maximum absolute atomic E-state index is 12.0. The fourth-order valence-electron chi connectivity index (χ4n) is 1.73. The van der Waals surface area contributed by atoms with Crippen molar-refractivity contribution in [2.45, 2.75) is 32.8 Å². The first-order valence-corrected chi connectivity index (χ1v) is 7.37. The Morgan fingerprint density at radius 2 is 2.00 bits per heavy atom. The van der Waals surface area contributed by atoms with Crippen molar-refractivity contribution in [3.05, 3.63) is 42.5 Å². The zero-order valence-corrected chi connectivity index (χ0v) is 13.1. The highest BCUT2D eigenvalue weighted by atomic mass is 16.5. The third-order valence-corrected chi connectivity index (χ3v) is 2.76. The number of nitrogens with one attached hydrogen (secondary N) is 1. The molecule has 0 aliphatic heterocycles. The number of unbranched alkanes of at least 4 members (excludes halogenated alkanes) is 1. The maximum atomic E-state index is 12.0. The largest absolute Gasteiger partial charge is 0.493 e. The van der Waals surface area contributed by atoms with Crippen LogP contribution in [0.2, 0.25) is 0 Å². The summed E-state index contributed by atoms with van der Waals surface area (Å²) in [7, 11) is 0. The number of carbonyl (C=O) groups is 2. The third-order valence-electron chi connectivity index (χ3n) is 2.76. The lowest BCUT2D eigenvalue weighted by atomic mass is 10.2. The first-order valence-electron chi connectivity index (χ1n) is 7.37. The molecule has 0 bridgehead atoms. The Morgan fingerprint density at radius 3 is 2.68 bits per heavy atom. The van der Waals surface area contributed by atoms with Gasteiger partial charge in [0.25, 0.3) is 0 Å². The summed E-state index contributed by atoms with van der Waals surface area (Å²) >= 11 is 0. The van der Waals surface area contributed by atoms with E-state index >= 15 is 0 Å². The molecule has 5 nitrogen and oxygen atoms in total. The summed E-state index contributed by atoms with van der Waals surface area (Å²) < 4.78 is 10.8. The number of benzene rings is 1. The van der Waals surface area contributed by atoms with Crippen molar-refractivity contribution in [3.63, 3.8) is 0 Å². The van der Waals surface area contributed by atoms with Gasteiger partial charge in [0.05, 0.1) is 12.7 Å². The van der Waals surface area contributed by atoms with Crippen molar-refractivity contribution >= 4 is 11.9 Å². The molecule has 120 valence electrons. The van der Waals surface area contributed by atoms with Crippen molar-refractivity contribution in [3.8, 4) is 5.75 Å². The molecule has 0 fully saturated rings. The SMILES string of the molecule is C=CC(=O)NCCCCOc1ccccc1C(=O)OC(C)C. The molecule has 0 aliphatic carbocycles. The van der Waals surface area contributed by atoms with Crippen molar-refractivity contribution in [2.24, 2.45) is 0 Å². The van der Waals surface area contributed by atoms with Crippen LogP contribution in [0.1, 0.15) is 37.0 Å². The summed E-state index contributed by atoms with van der Waals surface area (Å²) in [5, 5.41) is 2.70. The van der Waals surface area contributed by atoms with Crippen LogP contribution in [-0.4, -0.2) is 31.1 Å². The van der Waals surface area contributed by atoms with Crippen molar-refractivity contribution in [1.82, 2.24) is 5.32 Å². The average molecular weight is 305 g/mol. The molecule has 0 unspecified atom stereocenters. The lowest BCUT2D eigenvalue weighted by Gasteiger charge is -2.12. The van der Waals surface area contributed by atoms with Gasteiger partial charge in [0.2, 0.25) is 5.91 Å². The highest BCUT2D eigenvalue weighted by Gasteiger charge is 2.14. The van der Waals surface area contributed by atoms with Crippen LogP contribution in [0.3, 0.4) is 0 Å². The van der Waals surface area contributed by atoms with Gasteiger partial charge in [-0.25, -0.2) is 4.79 Å². The quantitative estimate of drug-likeness (QED) is 0.433. The monoisotopic (exact) mass is 305 g/mol. The molecule has 0 spiro atoms.